The summed E-state index contributed by atoms with van der Waals surface area (Å²) in [5.41, 5.74) is 0. The van der Waals surface area contributed by atoms with E-state index in [1.165, 1.54) is 11.3 Å². The van der Waals surface area contributed by atoms with Crippen LogP contribution in [0.5, 0.6) is 0 Å². The molecule has 1 saturated heterocycles. The summed E-state index contributed by atoms with van der Waals surface area (Å²) in [5, 5.41) is 11.1. The number of nitrogens with zero attached hydrogens (tertiary/aromatic N) is 1. The van der Waals surface area contributed by atoms with Crippen LogP contribution < -0.4 is 0 Å². The zero-order valence-electron chi connectivity index (χ0n) is 10.2. The minimum absolute atomic E-state index is 0.0284. The maximum absolute atomic E-state index is 12.4. The second kappa shape index (κ2) is 4.94. The van der Waals surface area contributed by atoms with Gasteiger partial charge in [0.15, 0.2) is 0 Å². The van der Waals surface area contributed by atoms with E-state index in [-0.39, 0.29) is 5.91 Å². The van der Waals surface area contributed by atoms with Crippen molar-refractivity contribution in [1.29, 1.82) is 0 Å². The molecule has 0 spiro atoms. The number of hydrogen-bond acceptors (Lipinski definition) is 4. The van der Waals surface area contributed by atoms with E-state index in [4.69, 9.17) is 5.11 Å². The topological polar surface area (TPSA) is 57.6 Å². The predicted molar refractivity (Wildman–Crippen MR) is 76.0 cm³/mol. The van der Waals surface area contributed by atoms with Crippen LogP contribution in [-0.4, -0.2) is 35.0 Å². The molecule has 1 N–H and O–H groups in total. The summed E-state index contributed by atoms with van der Waals surface area (Å²) in [6.45, 7) is 0.994. The van der Waals surface area contributed by atoms with E-state index in [1.807, 2.05) is 17.5 Å². The number of fused-ring (bicyclic) bond motifs is 1. The summed E-state index contributed by atoms with van der Waals surface area (Å²) in [7, 11) is 0. The van der Waals surface area contributed by atoms with E-state index in [0.29, 0.717) is 24.4 Å². The van der Waals surface area contributed by atoms with Crippen LogP contribution in [0.3, 0.4) is 0 Å². The third-order valence-corrected chi connectivity index (χ3v) is 5.49. The molecule has 1 aliphatic heterocycles. The van der Waals surface area contributed by atoms with Gasteiger partial charge in [-0.3, -0.25) is 9.59 Å². The molecule has 6 heteroatoms. The molecule has 2 aromatic heterocycles. The number of carboxylic acid groups (broad SMARTS) is 1. The number of thiophene rings is 2. The van der Waals surface area contributed by atoms with Gasteiger partial charge in [0.1, 0.15) is 0 Å². The third kappa shape index (κ3) is 2.37. The Morgan fingerprint density at radius 2 is 2.21 bits per heavy atom. The molecule has 2 aromatic rings. The van der Waals surface area contributed by atoms with Gasteiger partial charge < -0.3 is 10.0 Å². The van der Waals surface area contributed by atoms with Gasteiger partial charge in [0.05, 0.1) is 10.8 Å². The summed E-state index contributed by atoms with van der Waals surface area (Å²) >= 11 is 3.11. The number of carboxylic acids is 1. The van der Waals surface area contributed by atoms with Crippen LogP contribution in [0.2, 0.25) is 0 Å². The first-order chi connectivity index (χ1) is 9.15. The van der Waals surface area contributed by atoms with E-state index in [2.05, 4.69) is 0 Å². The van der Waals surface area contributed by atoms with Crippen LogP contribution >= 0.6 is 22.7 Å². The first-order valence-electron chi connectivity index (χ1n) is 6.14. The van der Waals surface area contributed by atoms with Crippen molar-refractivity contribution in [2.45, 2.75) is 12.8 Å². The van der Waals surface area contributed by atoms with E-state index in [9.17, 15) is 9.59 Å². The fourth-order valence-electron chi connectivity index (χ4n) is 2.39. The fourth-order valence-corrected chi connectivity index (χ4v) is 4.47. The zero-order chi connectivity index (χ0) is 13.4. The van der Waals surface area contributed by atoms with Gasteiger partial charge in [-0.2, -0.15) is 0 Å². The molecule has 3 rings (SSSR count). The Labute approximate surface area is 118 Å². The van der Waals surface area contributed by atoms with E-state index >= 15 is 0 Å². The maximum atomic E-state index is 12.4. The third-order valence-electron chi connectivity index (χ3n) is 3.41. The van der Waals surface area contributed by atoms with Crippen molar-refractivity contribution in [1.82, 2.24) is 4.90 Å². The van der Waals surface area contributed by atoms with Crippen LogP contribution in [0.15, 0.2) is 17.5 Å². The van der Waals surface area contributed by atoms with Crippen LogP contribution in [-0.2, 0) is 4.79 Å². The van der Waals surface area contributed by atoms with Gasteiger partial charge in [-0.15, -0.1) is 22.7 Å². The standard InChI is InChI=1S/C13H13NO3S2/c15-12(11-6-10-9(19-11)3-5-18-10)14-4-1-2-8(7-14)13(16)17/h3,5-6,8H,1-2,4,7H2,(H,16,17)/t8-/m0/s1. The molecule has 0 radical (unpaired) electrons. The molecule has 19 heavy (non-hydrogen) atoms. The average molecular weight is 295 g/mol. The van der Waals surface area contributed by atoms with Crippen molar-refractivity contribution in [3.8, 4) is 0 Å². The molecular weight excluding hydrogens is 282 g/mol. The maximum Gasteiger partial charge on any atom is 0.308 e. The molecule has 0 aliphatic carbocycles. The van der Waals surface area contributed by atoms with Crippen molar-refractivity contribution in [2.24, 2.45) is 5.92 Å². The molecule has 1 atom stereocenters. The summed E-state index contributed by atoms with van der Waals surface area (Å²) in [6.07, 6.45) is 1.43. The molecule has 0 saturated carbocycles. The Kier molecular flexibility index (Phi) is 3.28. The predicted octanol–water partition coefficient (Wildman–Crippen LogP) is 2.90. The Morgan fingerprint density at radius 3 is 2.95 bits per heavy atom. The van der Waals surface area contributed by atoms with Crippen molar-refractivity contribution >= 4 is 43.9 Å². The number of aliphatic carboxylic acids is 1. The molecule has 3 heterocycles. The van der Waals surface area contributed by atoms with Gasteiger partial charge in [0.2, 0.25) is 0 Å². The Morgan fingerprint density at radius 1 is 1.37 bits per heavy atom. The molecule has 1 aliphatic rings. The average Bonchev–Trinajstić information content (AvgIpc) is 2.98. The quantitative estimate of drug-likeness (QED) is 0.926. The number of likely N-dealkylation sites (tertiary alicyclic amines) is 1. The van der Waals surface area contributed by atoms with Gasteiger partial charge in [0, 0.05) is 22.5 Å². The molecule has 0 aromatic carbocycles. The van der Waals surface area contributed by atoms with Crippen molar-refractivity contribution in [3.63, 3.8) is 0 Å². The monoisotopic (exact) mass is 295 g/mol. The molecule has 0 unspecified atom stereocenters. The number of rotatable bonds is 2. The largest absolute Gasteiger partial charge is 0.481 e. The molecule has 0 bridgehead atoms. The van der Waals surface area contributed by atoms with Crippen LogP contribution in [0, 0.1) is 5.92 Å². The minimum Gasteiger partial charge on any atom is -0.481 e. The van der Waals surface area contributed by atoms with Crippen LogP contribution in [0.1, 0.15) is 22.5 Å². The number of carbonyl (C=O) groups excluding carboxylic acids is 1. The fraction of sp³-hybridized carbons (Fsp3) is 0.385. The summed E-state index contributed by atoms with van der Waals surface area (Å²) in [4.78, 5) is 25.8. The van der Waals surface area contributed by atoms with Gasteiger partial charge in [-0.25, -0.2) is 0 Å². The number of piperidine rings is 1. The van der Waals surface area contributed by atoms with Crippen molar-refractivity contribution in [2.75, 3.05) is 13.1 Å². The first kappa shape index (κ1) is 12.6. The normalized spacial score (nSPS) is 19.8. The summed E-state index contributed by atoms with van der Waals surface area (Å²) < 4.78 is 2.25. The molecule has 100 valence electrons. The van der Waals surface area contributed by atoms with Gasteiger partial charge in [-0.05, 0) is 30.4 Å². The Hall–Kier alpha value is -1.40. The second-order valence-corrected chi connectivity index (χ2v) is 6.72. The second-order valence-electron chi connectivity index (χ2n) is 4.69. The van der Waals surface area contributed by atoms with E-state index in [0.717, 1.165) is 15.8 Å². The molecular formula is C13H13NO3S2. The molecule has 4 nitrogen and oxygen atoms in total. The van der Waals surface area contributed by atoms with E-state index < -0.39 is 11.9 Å². The highest BCUT2D eigenvalue weighted by atomic mass is 32.1. The van der Waals surface area contributed by atoms with Crippen molar-refractivity contribution < 1.29 is 14.7 Å². The highest BCUT2D eigenvalue weighted by Gasteiger charge is 2.29. The SMILES string of the molecule is O=C(O)[C@H]1CCCN(C(=O)c2cc3sccc3s2)C1. The number of amides is 1. The van der Waals surface area contributed by atoms with Gasteiger partial charge in [-0.1, -0.05) is 0 Å². The number of carbonyl (C=O) groups is 2. The lowest BCUT2D eigenvalue weighted by molar-refractivity contribution is -0.143. The highest BCUT2D eigenvalue weighted by Crippen LogP contribution is 2.31. The lowest BCUT2D eigenvalue weighted by Gasteiger charge is -2.30. The summed E-state index contributed by atoms with van der Waals surface area (Å²) in [5.74, 6) is -1.25. The minimum atomic E-state index is -0.801. The van der Waals surface area contributed by atoms with Gasteiger partial charge >= 0.3 is 5.97 Å². The lowest BCUT2D eigenvalue weighted by atomic mass is 9.98. The molecule has 1 amide bonds. The lowest BCUT2D eigenvalue weighted by Crippen LogP contribution is -2.42. The van der Waals surface area contributed by atoms with Gasteiger partial charge in [0.25, 0.3) is 5.91 Å². The number of hydrogen-bond donors (Lipinski definition) is 1. The first-order valence-corrected chi connectivity index (χ1v) is 7.84. The smallest absolute Gasteiger partial charge is 0.308 e. The highest BCUT2D eigenvalue weighted by molar-refractivity contribution is 7.27. The molecule has 1 fully saturated rings. The van der Waals surface area contributed by atoms with E-state index in [1.54, 1.807) is 16.2 Å². The van der Waals surface area contributed by atoms with Crippen molar-refractivity contribution in [3.05, 3.63) is 22.4 Å². The summed E-state index contributed by atoms with van der Waals surface area (Å²) in [6, 6.07) is 3.93. The Bertz CT molecular complexity index is 602. The Balaban J connectivity index is 1.79. The van der Waals surface area contributed by atoms with Crippen LogP contribution in [0.25, 0.3) is 9.40 Å². The zero-order valence-corrected chi connectivity index (χ0v) is 11.8. The van der Waals surface area contributed by atoms with Crippen LogP contribution in [0.4, 0.5) is 0 Å².